The summed E-state index contributed by atoms with van der Waals surface area (Å²) in [5.41, 5.74) is 0. The van der Waals surface area contributed by atoms with Gasteiger partial charge in [0.15, 0.2) is 12.4 Å². The molecule has 204 valence electrons. The molecule has 0 aliphatic heterocycles. The van der Waals surface area contributed by atoms with E-state index in [-0.39, 0.29) is 11.5 Å². The third-order valence-corrected chi connectivity index (χ3v) is 7.64. The van der Waals surface area contributed by atoms with Crippen molar-refractivity contribution in [1.82, 2.24) is 0 Å². The second-order valence-corrected chi connectivity index (χ2v) is 11.3. The van der Waals surface area contributed by atoms with Crippen LogP contribution in [-0.4, -0.2) is 15.0 Å². The molecule has 4 nitrogen and oxygen atoms in total. The Labute approximate surface area is 222 Å². The van der Waals surface area contributed by atoms with Gasteiger partial charge >= 0.3 is 0 Å². The Bertz CT molecular complexity index is 825. The predicted molar refractivity (Wildman–Crippen MR) is 151 cm³/mol. The molecule has 1 heterocycles. The third kappa shape index (κ3) is 17.7. The predicted octanol–water partition coefficient (Wildman–Crippen LogP) is 8.65. The van der Waals surface area contributed by atoms with Crippen LogP contribution in [0.1, 0.15) is 117 Å². The summed E-state index contributed by atoms with van der Waals surface area (Å²) in [7, 11) is -3.57. The van der Waals surface area contributed by atoms with E-state index >= 15 is 0 Å². The van der Waals surface area contributed by atoms with E-state index in [9.17, 15) is 8.42 Å². The maximum atomic E-state index is 11.9. The fourth-order valence-electron chi connectivity index (χ4n) is 4.07. The van der Waals surface area contributed by atoms with E-state index in [1.165, 1.54) is 96.4 Å². The van der Waals surface area contributed by atoms with Crippen LogP contribution in [0.2, 0.25) is 0 Å². The molecule has 0 bridgehead atoms. The van der Waals surface area contributed by atoms with Crippen LogP contribution < -0.4 is 4.57 Å². The molecular weight excluding hydrogens is 466 g/mol. The first-order chi connectivity index (χ1) is 17.6. The Morgan fingerprint density at radius 2 is 1.03 bits per heavy atom. The molecule has 0 atom stereocenters. The number of benzene rings is 1. The number of hydrogen-bond acceptors (Lipinski definition) is 3. The van der Waals surface area contributed by atoms with Crippen molar-refractivity contribution in [3.05, 3.63) is 60.9 Å². The summed E-state index contributed by atoms with van der Waals surface area (Å²) < 4.78 is 31.1. The number of nitrogens with zero attached hydrogens (tertiary/aromatic N) is 1. The Hall–Kier alpha value is -1.72. The van der Waals surface area contributed by atoms with Crippen molar-refractivity contribution < 1.29 is 17.2 Å². The molecule has 0 saturated heterocycles. The molecule has 0 aliphatic rings. The summed E-state index contributed by atoms with van der Waals surface area (Å²) in [5, 5.41) is 0. The van der Waals surface area contributed by atoms with Crippen molar-refractivity contribution >= 4 is 10.1 Å². The fourth-order valence-corrected chi connectivity index (χ4v) is 5.04. The number of hydrogen-bond donors (Lipinski definition) is 0. The molecule has 2 rings (SSSR count). The number of aryl methyl sites for hydroxylation is 1. The quantitative estimate of drug-likeness (QED) is 0.100. The molecule has 0 saturated carbocycles. The molecule has 0 spiro atoms. The van der Waals surface area contributed by atoms with Crippen LogP contribution in [0, 0.1) is 0 Å². The van der Waals surface area contributed by atoms with Crippen molar-refractivity contribution in [3.8, 4) is 0 Å². The molecule has 2 aromatic rings. The Kier molecular flexibility index (Phi) is 20.2. The minimum atomic E-state index is -3.57. The largest absolute Gasteiger partial charge is 0.296 e. The highest BCUT2D eigenvalue weighted by molar-refractivity contribution is 7.86. The summed E-state index contributed by atoms with van der Waals surface area (Å²) in [6, 6.07) is 14.6. The fraction of sp³-hybridized carbons (Fsp3) is 0.645. The minimum Gasteiger partial charge on any atom is -0.266 e. The molecule has 0 fully saturated rings. The van der Waals surface area contributed by atoms with Crippen molar-refractivity contribution in [2.75, 3.05) is 6.61 Å². The molecule has 36 heavy (non-hydrogen) atoms. The highest BCUT2D eigenvalue weighted by Gasteiger charge is 2.13. The maximum Gasteiger partial charge on any atom is 0.296 e. The molecule has 5 heteroatoms. The lowest BCUT2D eigenvalue weighted by molar-refractivity contribution is -0.697. The second-order valence-electron chi connectivity index (χ2n) is 9.65. The van der Waals surface area contributed by atoms with E-state index in [2.05, 4.69) is 49.0 Å². The monoisotopic (exact) mass is 518 g/mol. The summed E-state index contributed by atoms with van der Waals surface area (Å²) in [5.74, 6) is 0. The zero-order valence-electron chi connectivity index (χ0n) is 23.1. The van der Waals surface area contributed by atoms with Gasteiger partial charge in [-0.2, -0.15) is 8.42 Å². The molecule has 0 radical (unpaired) electrons. The molecule has 0 unspecified atom stereocenters. The molecular formula is C31H52NO3S+. The Morgan fingerprint density at radius 1 is 0.583 bits per heavy atom. The van der Waals surface area contributed by atoms with Gasteiger partial charge in [-0.05, 0) is 25.0 Å². The van der Waals surface area contributed by atoms with Gasteiger partial charge in [0.25, 0.3) is 10.1 Å². The van der Waals surface area contributed by atoms with Gasteiger partial charge in [0.2, 0.25) is 0 Å². The van der Waals surface area contributed by atoms with Gasteiger partial charge in [0.05, 0.1) is 11.5 Å². The average molecular weight is 519 g/mol. The van der Waals surface area contributed by atoms with E-state index in [0.29, 0.717) is 0 Å². The lowest BCUT2D eigenvalue weighted by atomic mass is 10.1. The molecule has 1 aromatic heterocycles. The van der Waals surface area contributed by atoms with E-state index < -0.39 is 10.1 Å². The Morgan fingerprint density at radius 3 is 1.56 bits per heavy atom. The maximum absolute atomic E-state index is 11.9. The first-order valence-corrected chi connectivity index (χ1v) is 15.9. The highest BCUT2D eigenvalue weighted by atomic mass is 32.2. The molecule has 0 N–H and O–H groups in total. The van der Waals surface area contributed by atoms with Crippen LogP contribution in [0.25, 0.3) is 0 Å². The van der Waals surface area contributed by atoms with Gasteiger partial charge < -0.3 is 0 Å². The SMILES string of the molecule is CCCCCCCCCCCCOS(=O)(=O)c1ccccc1.CCCCCCCC[n+]1ccccc1. The van der Waals surface area contributed by atoms with E-state index in [4.69, 9.17) is 4.18 Å². The summed E-state index contributed by atoms with van der Waals surface area (Å²) in [6.45, 7) is 5.96. The second kappa shape index (κ2) is 22.5. The topological polar surface area (TPSA) is 47.3 Å². The lowest BCUT2D eigenvalue weighted by Gasteiger charge is -2.05. The molecule has 0 aliphatic carbocycles. The van der Waals surface area contributed by atoms with E-state index in [1.807, 2.05) is 0 Å². The summed E-state index contributed by atoms with van der Waals surface area (Å²) in [4.78, 5) is 0.238. The van der Waals surface area contributed by atoms with E-state index in [0.717, 1.165) is 12.8 Å². The van der Waals surface area contributed by atoms with Gasteiger partial charge in [-0.25, -0.2) is 4.57 Å². The summed E-state index contributed by atoms with van der Waals surface area (Å²) >= 11 is 0. The lowest BCUT2D eigenvalue weighted by Crippen LogP contribution is -2.32. The average Bonchev–Trinajstić information content (AvgIpc) is 2.91. The van der Waals surface area contributed by atoms with Crippen LogP contribution >= 0.6 is 0 Å². The van der Waals surface area contributed by atoms with Gasteiger partial charge in [-0.3, -0.25) is 4.18 Å². The van der Waals surface area contributed by atoms with Crippen LogP contribution in [0.3, 0.4) is 0 Å². The van der Waals surface area contributed by atoms with Gasteiger partial charge in [0.1, 0.15) is 6.54 Å². The number of rotatable bonds is 20. The molecule has 0 amide bonds. The number of pyridine rings is 1. The van der Waals surface area contributed by atoms with Crippen LogP contribution in [0.15, 0.2) is 65.8 Å². The zero-order valence-corrected chi connectivity index (χ0v) is 23.9. The number of aromatic nitrogens is 1. The van der Waals surface area contributed by atoms with Crippen molar-refractivity contribution in [3.63, 3.8) is 0 Å². The zero-order chi connectivity index (χ0) is 26.2. The third-order valence-electron chi connectivity index (χ3n) is 6.32. The normalized spacial score (nSPS) is 11.2. The molecule has 1 aromatic carbocycles. The Balaban J connectivity index is 0.000000397. The standard InChI is InChI=1S/C18H30O3S.C13H22N/c1-2-3-4-5-6-7-8-9-10-14-17-21-22(19,20)18-15-12-11-13-16-18;1-2-3-4-5-6-8-11-14-12-9-7-10-13-14/h11-13,15-16H,2-10,14,17H2,1H3;7,9-10,12-13H,2-6,8,11H2,1H3/q;+1. The highest BCUT2D eigenvalue weighted by Crippen LogP contribution is 2.14. The summed E-state index contributed by atoms with van der Waals surface area (Å²) in [6.07, 6.45) is 24.8. The van der Waals surface area contributed by atoms with E-state index in [1.54, 1.807) is 30.3 Å². The van der Waals surface area contributed by atoms with Crippen molar-refractivity contribution in [2.24, 2.45) is 0 Å². The van der Waals surface area contributed by atoms with Crippen molar-refractivity contribution in [2.45, 2.75) is 128 Å². The first-order valence-electron chi connectivity index (χ1n) is 14.5. The van der Waals surface area contributed by atoms with Crippen molar-refractivity contribution in [1.29, 1.82) is 0 Å². The van der Waals surface area contributed by atoms with Gasteiger partial charge in [0, 0.05) is 18.6 Å². The first kappa shape index (κ1) is 32.3. The van der Waals surface area contributed by atoms with Gasteiger partial charge in [-0.1, -0.05) is 122 Å². The van der Waals surface area contributed by atoms with Crippen LogP contribution in [0.5, 0.6) is 0 Å². The number of unbranched alkanes of at least 4 members (excludes halogenated alkanes) is 14. The smallest absolute Gasteiger partial charge is 0.266 e. The van der Waals surface area contributed by atoms with Crippen LogP contribution in [-0.2, 0) is 20.8 Å². The van der Waals surface area contributed by atoms with Crippen LogP contribution in [0.4, 0.5) is 0 Å². The minimum absolute atomic E-state index is 0.238. The van der Waals surface area contributed by atoms with Gasteiger partial charge in [-0.15, -0.1) is 0 Å².